The van der Waals surface area contributed by atoms with Crippen molar-refractivity contribution in [1.29, 1.82) is 5.26 Å². The molecular weight excluding hydrogens is 319 g/mol. The van der Waals surface area contributed by atoms with Crippen LogP contribution in [0.1, 0.15) is 21.5 Å². The second-order valence-electron chi connectivity index (χ2n) is 5.09. The normalized spacial score (nSPS) is 16.4. The summed E-state index contributed by atoms with van der Waals surface area (Å²) in [6.07, 6.45) is 0.304. The first-order valence-electron chi connectivity index (χ1n) is 6.95. The fraction of sp³-hybridized carbons (Fsp3) is 0.118. The number of hydrogen-bond donors (Lipinski definition) is 0. The molecule has 120 valence electrons. The zero-order chi connectivity index (χ0) is 17.3. The van der Waals surface area contributed by atoms with Gasteiger partial charge in [-0.25, -0.2) is 0 Å². The number of rotatable bonds is 1. The molecule has 1 unspecified atom stereocenters. The molecule has 1 aliphatic heterocycles. The molecule has 4 nitrogen and oxygen atoms in total. The van der Waals surface area contributed by atoms with Crippen LogP contribution >= 0.6 is 0 Å². The van der Waals surface area contributed by atoms with Crippen molar-refractivity contribution in [3.63, 3.8) is 0 Å². The standard InChI is InChI=1S/C17H10F3N3O/c18-17(19,20)14-7-8-22-10-13(14)16(24)23-12(9-21)6-5-11-3-1-2-4-15(11)23/h1-8,10,12H. The molecule has 1 aliphatic rings. The Hall–Kier alpha value is -3.14. The lowest BCUT2D eigenvalue weighted by Gasteiger charge is -2.30. The van der Waals surface area contributed by atoms with E-state index < -0.39 is 29.3 Å². The van der Waals surface area contributed by atoms with Crippen LogP contribution in [0.5, 0.6) is 0 Å². The number of aromatic nitrogens is 1. The first-order chi connectivity index (χ1) is 11.4. The van der Waals surface area contributed by atoms with Crippen LogP contribution in [-0.4, -0.2) is 16.9 Å². The number of alkyl halides is 3. The smallest absolute Gasteiger partial charge is 0.288 e. The van der Waals surface area contributed by atoms with Gasteiger partial charge in [0.15, 0.2) is 0 Å². The Morgan fingerprint density at radius 1 is 1.25 bits per heavy atom. The molecule has 2 aromatic rings. The fourth-order valence-electron chi connectivity index (χ4n) is 2.56. The van der Waals surface area contributed by atoms with Crippen LogP contribution in [0.15, 0.2) is 48.8 Å². The molecule has 0 fully saturated rings. The number of anilines is 1. The van der Waals surface area contributed by atoms with Crippen LogP contribution in [-0.2, 0) is 6.18 Å². The number of pyridine rings is 1. The largest absolute Gasteiger partial charge is 0.417 e. The van der Waals surface area contributed by atoms with Crippen molar-refractivity contribution in [2.75, 3.05) is 4.90 Å². The van der Waals surface area contributed by atoms with E-state index in [0.29, 0.717) is 11.3 Å². The Morgan fingerprint density at radius 2 is 2.00 bits per heavy atom. The minimum Gasteiger partial charge on any atom is -0.288 e. The van der Waals surface area contributed by atoms with Crippen molar-refractivity contribution >= 4 is 17.7 Å². The number of nitrogens with zero attached hydrogens (tertiary/aromatic N) is 3. The van der Waals surface area contributed by atoms with Crippen molar-refractivity contribution in [3.05, 3.63) is 65.5 Å². The van der Waals surface area contributed by atoms with Crippen LogP contribution in [0, 0.1) is 11.3 Å². The Balaban J connectivity index is 2.14. The molecule has 0 N–H and O–H groups in total. The predicted molar refractivity (Wildman–Crippen MR) is 80.9 cm³/mol. The SMILES string of the molecule is N#CC1C=Cc2ccccc2N1C(=O)c1cnccc1C(F)(F)F. The molecule has 7 heteroatoms. The van der Waals surface area contributed by atoms with Crippen LogP contribution in [0.2, 0.25) is 0 Å². The third-order valence-corrected chi connectivity index (χ3v) is 3.64. The van der Waals surface area contributed by atoms with Gasteiger partial charge >= 0.3 is 6.18 Å². The zero-order valence-electron chi connectivity index (χ0n) is 12.2. The summed E-state index contributed by atoms with van der Waals surface area (Å²) < 4.78 is 39.5. The van der Waals surface area contributed by atoms with Crippen molar-refractivity contribution < 1.29 is 18.0 Å². The Labute approximate surface area is 135 Å². The van der Waals surface area contributed by atoms with Crippen molar-refractivity contribution in [3.8, 4) is 6.07 Å². The number of carbonyl (C=O) groups excluding carboxylic acids is 1. The first kappa shape index (κ1) is 15.7. The average molecular weight is 329 g/mol. The molecule has 1 amide bonds. The number of fused-ring (bicyclic) bond motifs is 1. The van der Waals surface area contributed by atoms with Crippen LogP contribution in [0.4, 0.5) is 18.9 Å². The fourth-order valence-corrected chi connectivity index (χ4v) is 2.56. The van der Waals surface area contributed by atoms with Crippen LogP contribution in [0.3, 0.4) is 0 Å². The summed E-state index contributed by atoms with van der Waals surface area (Å²) in [5.41, 5.74) is -0.634. The lowest BCUT2D eigenvalue weighted by atomic mass is 10.0. The highest BCUT2D eigenvalue weighted by atomic mass is 19.4. The van der Waals surface area contributed by atoms with E-state index in [1.54, 1.807) is 30.3 Å². The van der Waals surface area contributed by atoms with E-state index in [-0.39, 0.29) is 0 Å². The Morgan fingerprint density at radius 3 is 2.71 bits per heavy atom. The lowest BCUT2D eigenvalue weighted by Crippen LogP contribution is -2.41. The van der Waals surface area contributed by atoms with E-state index in [0.717, 1.165) is 23.4 Å². The summed E-state index contributed by atoms with van der Waals surface area (Å²) >= 11 is 0. The third kappa shape index (κ3) is 2.63. The van der Waals surface area contributed by atoms with E-state index in [2.05, 4.69) is 4.98 Å². The summed E-state index contributed by atoms with van der Waals surface area (Å²) in [5, 5.41) is 9.28. The van der Waals surface area contributed by atoms with E-state index in [9.17, 15) is 23.2 Å². The van der Waals surface area contributed by atoms with E-state index in [1.807, 2.05) is 6.07 Å². The number of benzene rings is 1. The maximum Gasteiger partial charge on any atom is 0.417 e. The molecule has 24 heavy (non-hydrogen) atoms. The second kappa shape index (κ2) is 5.81. The zero-order valence-corrected chi connectivity index (χ0v) is 12.2. The maximum absolute atomic E-state index is 13.2. The number of para-hydroxylation sites is 1. The summed E-state index contributed by atoms with van der Waals surface area (Å²) in [6, 6.07) is 8.38. The monoisotopic (exact) mass is 329 g/mol. The topological polar surface area (TPSA) is 57.0 Å². The predicted octanol–water partition coefficient (Wildman–Crippen LogP) is 3.67. The first-order valence-corrected chi connectivity index (χ1v) is 6.95. The molecule has 0 spiro atoms. The van der Waals surface area contributed by atoms with Crippen molar-refractivity contribution in [2.24, 2.45) is 0 Å². The lowest BCUT2D eigenvalue weighted by molar-refractivity contribution is -0.138. The van der Waals surface area contributed by atoms with Gasteiger partial charge in [0, 0.05) is 12.4 Å². The number of amides is 1. The van der Waals surface area contributed by atoms with Crippen LogP contribution in [0.25, 0.3) is 6.08 Å². The van der Waals surface area contributed by atoms with Gasteiger partial charge in [0.1, 0.15) is 6.04 Å². The molecule has 3 rings (SSSR count). The number of hydrogen-bond acceptors (Lipinski definition) is 3. The summed E-state index contributed by atoms with van der Waals surface area (Å²) in [4.78, 5) is 17.5. The van der Waals surface area contributed by atoms with Gasteiger partial charge in [-0.2, -0.15) is 18.4 Å². The molecular formula is C17H10F3N3O. The van der Waals surface area contributed by atoms with Gasteiger partial charge in [-0.1, -0.05) is 24.3 Å². The minimum absolute atomic E-state index is 0.383. The number of halogens is 3. The van der Waals surface area contributed by atoms with E-state index >= 15 is 0 Å². The molecule has 0 bridgehead atoms. The van der Waals surface area contributed by atoms with Gasteiger partial charge in [-0.3, -0.25) is 14.7 Å². The highest BCUT2D eigenvalue weighted by Crippen LogP contribution is 2.35. The van der Waals surface area contributed by atoms with Gasteiger partial charge in [0.05, 0.1) is 22.9 Å². The molecule has 1 aromatic heterocycles. The molecule has 0 saturated carbocycles. The minimum atomic E-state index is -4.69. The number of carbonyl (C=O) groups is 1. The summed E-state index contributed by atoms with van der Waals surface area (Å²) in [5.74, 6) is -0.918. The van der Waals surface area contributed by atoms with Crippen molar-refractivity contribution in [1.82, 2.24) is 4.98 Å². The molecule has 2 heterocycles. The molecule has 1 aromatic carbocycles. The third-order valence-electron chi connectivity index (χ3n) is 3.64. The average Bonchev–Trinajstić information content (AvgIpc) is 2.59. The number of nitriles is 1. The Bertz CT molecular complexity index is 868. The highest BCUT2D eigenvalue weighted by molar-refractivity contribution is 6.09. The van der Waals surface area contributed by atoms with E-state index in [4.69, 9.17) is 0 Å². The molecule has 0 saturated heterocycles. The van der Waals surface area contributed by atoms with Gasteiger partial charge in [-0.15, -0.1) is 0 Å². The van der Waals surface area contributed by atoms with Crippen LogP contribution < -0.4 is 4.90 Å². The van der Waals surface area contributed by atoms with Gasteiger partial charge < -0.3 is 0 Å². The molecule has 1 atom stereocenters. The quantitative estimate of drug-likeness (QED) is 0.802. The van der Waals surface area contributed by atoms with Gasteiger partial charge in [0.25, 0.3) is 5.91 Å². The maximum atomic E-state index is 13.2. The Kier molecular flexibility index (Phi) is 3.81. The van der Waals surface area contributed by atoms with E-state index in [1.165, 1.54) is 6.08 Å². The molecule has 0 radical (unpaired) electrons. The summed E-state index contributed by atoms with van der Waals surface area (Å²) in [6.45, 7) is 0. The summed E-state index contributed by atoms with van der Waals surface area (Å²) in [7, 11) is 0. The van der Waals surface area contributed by atoms with Gasteiger partial charge in [0.2, 0.25) is 0 Å². The molecule has 0 aliphatic carbocycles. The van der Waals surface area contributed by atoms with Crippen molar-refractivity contribution in [2.45, 2.75) is 12.2 Å². The second-order valence-corrected chi connectivity index (χ2v) is 5.09. The highest BCUT2D eigenvalue weighted by Gasteiger charge is 2.38. The van der Waals surface area contributed by atoms with Gasteiger partial charge in [-0.05, 0) is 23.8 Å².